The molecule has 0 saturated heterocycles. The Morgan fingerprint density at radius 2 is 1.92 bits per heavy atom. The molecule has 2 rings (SSSR count). The number of hydrogen-bond acceptors (Lipinski definition) is 5. The zero-order valence-electron chi connectivity index (χ0n) is 14.9. The maximum atomic E-state index is 14.0. The number of nitrogens with zero attached hydrogens (tertiary/aromatic N) is 1. The first-order valence-electron chi connectivity index (χ1n) is 8.05. The number of oxime groups is 1. The van der Waals surface area contributed by atoms with E-state index >= 15 is 0 Å². The van der Waals surface area contributed by atoms with E-state index in [0.29, 0.717) is 17.7 Å². The van der Waals surface area contributed by atoms with Gasteiger partial charge in [-0.1, -0.05) is 35.5 Å². The number of likely N-dealkylation sites (N-methyl/N-ethyl adjacent to an activating group) is 1. The van der Waals surface area contributed by atoms with Gasteiger partial charge in [0.2, 0.25) is 0 Å². The Balaban J connectivity index is 2.32. The van der Waals surface area contributed by atoms with Gasteiger partial charge in [0.25, 0.3) is 5.91 Å². The van der Waals surface area contributed by atoms with Crippen molar-refractivity contribution < 1.29 is 23.5 Å². The Morgan fingerprint density at radius 3 is 2.62 bits per heavy atom. The third kappa shape index (κ3) is 4.50. The van der Waals surface area contributed by atoms with Crippen molar-refractivity contribution >= 4 is 11.6 Å². The number of halogens is 1. The average molecular weight is 360 g/mol. The Bertz CT molecular complexity index is 793. The fourth-order valence-corrected chi connectivity index (χ4v) is 2.37. The van der Waals surface area contributed by atoms with Gasteiger partial charge in [0.15, 0.2) is 23.0 Å². The molecule has 7 heteroatoms. The lowest BCUT2D eigenvalue weighted by Crippen LogP contribution is -2.32. The summed E-state index contributed by atoms with van der Waals surface area (Å²) in [4.78, 5) is 17.1. The number of amides is 1. The second kappa shape index (κ2) is 9.41. The quantitative estimate of drug-likeness (QED) is 0.581. The minimum absolute atomic E-state index is 0.00745. The lowest BCUT2D eigenvalue weighted by molar-refractivity contribution is -0.114. The molecule has 138 valence electrons. The second-order valence-electron chi connectivity index (χ2n) is 5.20. The summed E-state index contributed by atoms with van der Waals surface area (Å²) >= 11 is 0. The zero-order valence-corrected chi connectivity index (χ0v) is 14.9. The van der Waals surface area contributed by atoms with Crippen molar-refractivity contribution in [3.63, 3.8) is 0 Å². The molecule has 26 heavy (non-hydrogen) atoms. The first-order chi connectivity index (χ1) is 12.6. The predicted octanol–water partition coefficient (Wildman–Crippen LogP) is 2.90. The standard InChI is InChI=1S/C19H21FN2O4/c1-4-21-19(23)17(22-25-3)14-9-6-5-8-13(14)12-26-18-15(20)10-7-11-16(18)24-2/h5-11H,4,12H2,1-3H3,(H,21,23)/b22-17-. The lowest BCUT2D eigenvalue weighted by Gasteiger charge is -2.14. The molecule has 2 aromatic rings. The molecule has 6 nitrogen and oxygen atoms in total. The fourth-order valence-electron chi connectivity index (χ4n) is 2.37. The van der Waals surface area contributed by atoms with E-state index in [1.54, 1.807) is 30.3 Å². The maximum Gasteiger partial charge on any atom is 0.273 e. The number of para-hydroxylation sites is 1. The molecule has 0 aliphatic rings. The topological polar surface area (TPSA) is 69.2 Å². The van der Waals surface area contributed by atoms with Crippen molar-refractivity contribution in [1.29, 1.82) is 0 Å². The molecule has 0 unspecified atom stereocenters. The van der Waals surface area contributed by atoms with Crippen LogP contribution in [-0.2, 0) is 16.2 Å². The highest BCUT2D eigenvalue weighted by Crippen LogP contribution is 2.30. The van der Waals surface area contributed by atoms with Gasteiger partial charge in [-0.3, -0.25) is 4.79 Å². The molecule has 0 heterocycles. The van der Waals surface area contributed by atoms with Crippen LogP contribution in [-0.4, -0.2) is 32.4 Å². The van der Waals surface area contributed by atoms with Crippen LogP contribution in [0.3, 0.4) is 0 Å². The van der Waals surface area contributed by atoms with Crippen LogP contribution in [0.4, 0.5) is 4.39 Å². The molecule has 1 N–H and O–H groups in total. The Hall–Kier alpha value is -3.09. The number of benzene rings is 2. The van der Waals surface area contributed by atoms with E-state index in [1.165, 1.54) is 26.4 Å². The highest BCUT2D eigenvalue weighted by Gasteiger charge is 2.19. The lowest BCUT2D eigenvalue weighted by atomic mass is 10.0. The normalized spacial score (nSPS) is 11.0. The van der Waals surface area contributed by atoms with Crippen LogP contribution in [0, 0.1) is 5.82 Å². The van der Waals surface area contributed by atoms with E-state index in [4.69, 9.17) is 14.3 Å². The summed E-state index contributed by atoms with van der Waals surface area (Å²) in [7, 11) is 2.80. The second-order valence-corrected chi connectivity index (χ2v) is 5.20. The monoisotopic (exact) mass is 360 g/mol. The molecule has 0 aromatic heterocycles. The van der Waals surface area contributed by atoms with Crippen LogP contribution >= 0.6 is 0 Å². The molecular formula is C19H21FN2O4. The molecule has 0 fully saturated rings. The third-order valence-electron chi connectivity index (χ3n) is 3.53. The summed E-state index contributed by atoms with van der Waals surface area (Å²) in [6, 6.07) is 11.5. The predicted molar refractivity (Wildman–Crippen MR) is 96.0 cm³/mol. The van der Waals surface area contributed by atoms with Gasteiger partial charge >= 0.3 is 0 Å². The van der Waals surface area contributed by atoms with Crippen LogP contribution in [0.1, 0.15) is 18.1 Å². The van der Waals surface area contributed by atoms with Gasteiger partial charge in [0.05, 0.1) is 7.11 Å². The summed E-state index contributed by atoms with van der Waals surface area (Å²) in [5, 5.41) is 6.52. The highest BCUT2D eigenvalue weighted by atomic mass is 19.1. The van der Waals surface area contributed by atoms with E-state index < -0.39 is 5.82 Å². The summed E-state index contributed by atoms with van der Waals surface area (Å²) in [5.41, 5.74) is 1.31. The van der Waals surface area contributed by atoms with Gasteiger partial charge in [-0.15, -0.1) is 0 Å². The smallest absolute Gasteiger partial charge is 0.273 e. The van der Waals surface area contributed by atoms with Gasteiger partial charge in [-0.05, 0) is 24.6 Å². The Morgan fingerprint density at radius 1 is 1.15 bits per heavy atom. The molecule has 0 saturated carbocycles. The number of methoxy groups -OCH3 is 1. The minimum atomic E-state index is -0.531. The van der Waals surface area contributed by atoms with Crippen LogP contribution in [0.2, 0.25) is 0 Å². The van der Waals surface area contributed by atoms with Gasteiger partial charge < -0.3 is 19.6 Å². The largest absolute Gasteiger partial charge is 0.493 e. The maximum absolute atomic E-state index is 14.0. The highest BCUT2D eigenvalue weighted by molar-refractivity contribution is 6.45. The van der Waals surface area contributed by atoms with Crippen molar-refractivity contribution in [3.05, 3.63) is 59.4 Å². The van der Waals surface area contributed by atoms with Crippen molar-refractivity contribution in [3.8, 4) is 11.5 Å². The summed E-state index contributed by atoms with van der Waals surface area (Å²) in [6.45, 7) is 2.28. The first kappa shape index (κ1) is 19.2. The molecule has 0 radical (unpaired) electrons. The first-order valence-corrected chi connectivity index (χ1v) is 8.05. The van der Waals surface area contributed by atoms with Crippen molar-refractivity contribution in [2.75, 3.05) is 20.8 Å². The van der Waals surface area contributed by atoms with Crippen LogP contribution in [0.5, 0.6) is 11.5 Å². The number of hydrogen-bond donors (Lipinski definition) is 1. The Kier molecular flexibility index (Phi) is 6.96. The molecule has 0 aliphatic heterocycles. The SMILES string of the molecule is CCNC(=O)/C(=N\OC)c1ccccc1COc1c(F)cccc1OC. The van der Waals surface area contributed by atoms with Crippen molar-refractivity contribution in [1.82, 2.24) is 5.32 Å². The number of carbonyl (C=O) groups is 1. The molecule has 0 bridgehead atoms. The van der Waals surface area contributed by atoms with E-state index in [2.05, 4.69) is 10.5 Å². The van der Waals surface area contributed by atoms with Gasteiger partial charge in [-0.25, -0.2) is 4.39 Å². The van der Waals surface area contributed by atoms with Crippen LogP contribution in [0.15, 0.2) is 47.6 Å². The number of ether oxygens (including phenoxy) is 2. The molecular weight excluding hydrogens is 339 g/mol. The number of nitrogens with one attached hydrogen (secondary N) is 1. The van der Waals surface area contributed by atoms with Gasteiger partial charge in [-0.2, -0.15) is 0 Å². The number of rotatable bonds is 8. The van der Waals surface area contributed by atoms with E-state index in [9.17, 15) is 9.18 Å². The summed E-state index contributed by atoms with van der Waals surface area (Å²) < 4.78 is 24.8. The van der Waals surface area contributed by atoms with Gasteiger partial charge in [0, 0.05) is 12.1 Å². The van der Waals surface area contributed by atoms with E-state index in [-0.39, 0.29) is 29.7 Å². The third-order valence-corrected chi connectivity index (χ3v) is 3.53. The average Bonchev–Trinajstić information content (AvgIpc) is 2.65. The molecule has 0 aliphatic carbocycles. The Labute approximate surface area is 151 Å². The molecule has 2 aromatic carbocycles. The van der Waals surface area contributed by atoms with E-state index in [1.807, 2.05) is 6.92 Å². The summed E-state index contributed by atoms with van der Waals surface area (Å²) in [5.74, 6) is -0.605. The van der Waals surface area contributed by atoms with Crippen molar-refractivity contribution in [2.45, 2.75) is 13.5 Å². The fraction of sp³-hybridized carbons (Fsp3) is 0.263. The molecule has 0 atom stereocenters. The molecule has 0 spiro atoms. The zero-order chi connectivity index (χ0) is 18.9. The number of carbonyl (C=O) groups excluding carboxylic acids is 1. The molecule has 1 amide bonds. The summed E-state index contributed by atoms with van der Waals surface area (Å²) in [6.07, 6.45) is 0. The van der Waals surface area contributed by atoms with Crippen molar-refractivity contribution in [2.24, 2.45) is 5.16 Å². The van der Waals surface area contributed by atoms with E-state index in [0.717, 1.165) is 0 Å². The van der Waals surface area contributed by atoms with Crippen LogP contribution in [0.25, 0.3) is 0 Å². The minimum Gasteiger partial charge on any atom is -0.493 e. The van der Waals surface area contributed by atoms with Gasteiger partial charge in [0.1, 0.15) is 13.7 Å². The van der Waals surface area contributed by atoms with Crippen LogP contribution < -0.4 is 14.8 Å².